The molecule has 34 heavy (non-hydrogen) atoms. The molecule has 2 amide bonds. The van der Waals surface area contributed by atoms with Crippen LogP contribution in [0.15, 0.2) is 29.3 Å². The second-order valence-corrected chi connectivity index (χ2v) is 8.08. The highest BCUT2D eigenvalue weighted by atomic mass is 16.7. The molecule has 1 aromatic carbocycles. The molecule has 0 spiro atoms. The van der Waals surface area contributed by atoms with Crippen LogP contribution >= 0.6 is 0 Å². The van der Waals surface area contributed by atoms with Crippen LogP contribution in [0.5, 0.6) is 0 Å². The molecular weight excluding hydrogens is 448 g/mol. The zero-order valence-corrected chi connectivity index (χ0v) is 18.0. The van der Waals surface area contributed by atoms with E-state index < -0.39 is 48.5 Å². The lowest BCUT2D eigenvalue weighted by Crippen LogP contribution is -2.43. The number of fused-ring (bicyclic) bond motifs is 2. The topological polar surface area (TPSA) is 186 Å². The van der Waals surface area contributed by atoms with Crippen molar-refractivity contribution in [3.63, 3.8) is 0 Å². The molecular formula is C21H22N6O7. The van der Waals surface area contributed by atoms with Gasteiger partial charge in [0.15, 0.2) is 23.5 Å². The molecule has 0 aliphatic carbocycles. The van der Waals surface area contributed by atoms with Crippen LogP contribution in [-0.2, 0) is 16.0 Å². The van der Waals surface area contributed by atoms with Gasteiger partial charge in [0.25, 0.3) is 17.4 Å². The molecule has 4 heterocycles. The maximum Gasteiger partial charge on any atom is 0.286 e. The number of aromatic amines is 1. The summed E-state index contributed by atoms with van der Waals surface area (Å²) in [4.78, 5) is 54.5. The number of ether oxygens (including phenoxy) is 1. The van der Waals surface area contributed by atoms with Crippen molar-refractivity contribution in [2.24, 2.45) is 0 Å². The first kappa shape index (κ1) is 22.2. The van der Waals surface area contributed by atoms with Crippen LogP contribution in [0, 0.1) is 0 Å². The first-order valence-corrected chi connectivity index (χ1v) is 10.7. The Morgan fingerprint density at radius 2 is 2.06 bits per heavy atom. The molecule has 5 rings (SSSR count). The number of aromatic nitrogens is 4. The number of hydrogen-bond donors (Lipinski definition) is 4. The highest BCUT2D eigenvalue weighted by Crippen LogP contribution is 2.36. The number of nitrogens with one attached hydrogen (secondary N) is 1. The van der Waals surface area contributed by atoms with Crippen molar-refractivity contribution in [2.45, 2.75) is 44.3 Å². The number of hydrogen-bond acceptors (Lipinski definition) is 10. The largest absolute Gasteiger partial charge is 0.394 e. The zero-order valence-electron chi connectivity index (χ0n) is 18.0. The Morgan fingerprint density at radius 1 is 1.26 bits per heavy atom. The van der Waals surface area contributed by atoms with Gasteiger partial charge in [-0.2, -0.15) is 4.98 Å². The smallest absolute Gasteiger partial charge is 0.286 e. The Bertz CT molecular complexity index is 1350. The molecule has 4 atom stereocenters. The number of carbonyl (C=O) groups excluding carboxylic acids is 2. The number of benzene rings is 1. The third kappa shape index (κ3) is 3.28. The quantitative estimate of drug-likeness (QED) is 0.342. The number of aryl methyl sites for hydroxylation is 1. The SMILES string of the molecule is CCCc1cccc2c1C(=O)N(O[C@@H]1[C@H](O)[C@@H](CO)O[C@H]1n1cnc3c(=O)[nH]c(N)nc31)C2=O. The van der Waals surface area contributed by atoms with E-state index in [1.807, 2.05) is 6.92 Å². The molecule has 5 N–H and O–H groups in total. The molecule has 1 saturated heterocycles. The second-order valence-electron chi connectivity index (χ2n) is 8.08. The third-order valence-electron chi connectivity index (χ3n) is 5.93. The van der Waals surface area contributed by atoms with Gasteiger partial charge in [0.2, 0.25) is 5.95 Å². The van der Waals surface area contributed by atoms with Crippen LogP contribution in [0.25, 0.3) is 11.2 Å². The first-order valence-electron chi connectivity index (χ1n) is 10.7. The fourth-order valence-corrected chi connectivity index (χ4v) is 4.37. The highest BCUT2D eigenvalue weighted by Gasteiger charge is 2.50. The standard InChI is InChI=1S/C21H22N6O7/c1-2-4-9-5-3-6-10-12(9)19(32)27(18(10)31)34-15-14(29)11(7-28)33-20(15)26-8-23-13-16(26)24-21(22)25-17(13)30/h3,5-6,8,11,14-15,20,28-29H,2,4,7H2,1H3,(H3,22,24,25,30)/t11-,14-,15-,20-/m1/s1. The summed E-state index contributed by atoms with van der Waals surface area (Å²) in [6, 6.07) is 5.01. The van der Waals surface area contributed by atoms with Gasteiger partial charge in [0.05, 0.1) is 24.1 Å². The number of amides is 2. The summed E-state index contributed by atoms with van der Waals surface area (Å²) in [5.74, 6) is -1.50. The molecule has 2 aliphatic rings. The van der Waals surface area contributed by atoms with Gasteiger partial charge in [0.1, 0.15) is 12.2 Å². The van der Waals surface area contributed by atoms with E-state index in [4.69, 9.17) is 15.3 Å². The lowest BCUT2D eigenvalue weighted by molar-refractivity contribution is -0.177. The number of rotatable bonds is 6. The Hall–Kier alpha value is -3.65. The van der Waals surface area contributed by atoms with Gasteiger partial charge in [-0.15, -0.1) is 5.06 Å². The van der Waals surface area contributed by atoms with Crippen LogP contribution in [0.3, 0.4) is 0 Å². The molecule has 13 nitrogen and oxygen atoms in total. The van der Waals surface area contributed by atoms with Crippen LogP contribution in [-0.4, -0.2) is 71.5 Å². The summed E-state index contributed by atoms with van der Waals surface area (Å²) in [5, 5.41) is 21.1. The molecule has 0 radical (unpaired) electrons. The van der Waals surface area contributed by atoms with Gasteiger partial charge in [-0.1, -0.05) is 25.5 Å². The lowest BCUT2D eigenvalue weighted by Gasteiger charge is -2.25. The van der Waals surface area contributed by atoms with Gasteiger partial charge in [-0.05, 0) is 18.1 Å². The number of nitrogens with zero attached hydrogens (tertiary/aromatic N) is 4. The van der Waals surface area contributed by atoms with Gasteiger partial charge < -0.3 is 20.7 Å². The number of carbonyl (C=O) groups is 2. The number of aliphatic hydroxyl groups excluding tert-OH is 2. The van der Waals surface area contributed by atoms with E-state index in [-0.39, 0.29) is 28.2 Å². The Labute approximate surface area is 191 Å². The summed E-state index contributed by atoms with van der Waals surface area (Å²) in [6.07, 6.45) is -2.43. The molecule has 0 bridgehead atoms. The zero-order chi connectivity index (χ0) is 24.1. The summed E-state index contributed by atoms with van der Waals surface area (Å²) >= 11 is 0. The number of nitrogen functional groups attached to an aromatic ring is 1. The number of imidazole rings is 1. The van der Waals surface area contributed by atoms with E-state index in [1.165, 1.54) is 17.0 Å². The van der Waals surface area contributed by atoms with Crippen molar-refractivity contribution >= 4 is 28.9 Å². The summed E-state index contributed by atoms with van der Waals surface area (Å²) in [6.45, 7) is 1.39. The molecule has 0 unspecified atom stereocenters. The van der Waals surface area contributed by atoms with Crippen molar-refractivity contribution in [2.75, 3.05) is 12.3 Å². The van der Waals surface area contributed by atoms with Crippen molar-refractivity contribution in [3.8, 4) is 0 Å². The fraction of sp³-hybridized carbons (Fsp3) is 0.381. The number of aliphatic hydroxyl groups is 2. The van der Waals surface area contributed by atoms with Crippen LogP contribution in [0.1, 0.15) is 45.9 Å². The van der Waals surface area contributed by atoms with E-state index in [1.54, 1.807) is 12.1 Å². The minimum atomic E-state index is -1.42. The average molecular weight is 470 g/mol. The maximum atomic E-state index is 13.2. The molecule has 0 saturated carbocycles. The number of hydroxylamine groups is 2. The van der Waals surface area contributed by atoms with Gasteiger partial charge in [-0.3, -0.25) is 28.8 Å². The van der Waals surface area contributed by atoms with Crippen LogP contribution < -0.4 is 11.3 Å². The molecule has 13 heteroatoms. The summed E-state index contributed by atoms with van der Waals surface area (Å²) < 4.78 is 7.04. The number of nitrogens with two attached hydrogens (primary N) is 1. The minimum Gasteiger partial charge on any atom is -0.394 e. The molecule has 1 fully saturated rings. The predicted octanol–water partition coefficient (Wildman–Crippen LogP) is -0.499. The monoisotopic (exact) mass is 470 g/mol. The number of H-pyrrole nitrogens is 1. The van der Waals surface area contributed by atoms with Gasteiger partial charge in [0, 0.05) is 0 Å². The van der Waals surface area contributed by atoms with Gasteiger partial charge >= 0.3 is 0 Å². The van der Waals surface area contributed by atoms with Crippen LogP contribution in [0.4, 0.5) is 5.95 Å². The average Bonchev–Trinajstić information content (AvgIpc) is 3.44. The van der Waals surface area contributed by atoms with Crippen molar-refractivity contribution < 1.29 is 29.4 Å². The fourth-order valence-electron chi connectivity index (χ4n) is 4.37. The van der Waals surface area contributed by atoms with Crippen molar-refractivity contribution in [3.05, 3.63) is 51.6 Å². The molecule has 178 valence electrons. The number of anilines is 1. The predicted molar refractivity (Wildman–Crippen MR) is 115 cm³/mol. The normalized spacial score (nSPS) is 24.4. The van der Waals surface area contributed by atoms with E-state index in [9.17, 15) is 24.6 Å². The first-order chi connectivity index (χ1) is 16.3. The van der Waals surface area contributed by atoms with E-state index in [0.717, 1.165) is 12.0 Å². The lowest BCUT2D eigenvalue weighted by atomic mass is 9.99. The van der Waals surface area contributed by atoms with E-state index in [0.29, 0.717) is 11.5 Å². The number of imide groups is 1. The van der Waals surface area contributed by atoms with E-state index >= 15 is 0 Å². The Morgan fingerprint density at radius 3 is 2.79 bits per heavy atom. The summed E-state index contributed by atoms with van der Waals surface area (Å²) in [7, 11) is 0. The molecule has 2 aromatic heterocycles. The Balaban J connectivity index is 1.52. The third-order valence-corrected chi connectivity index (χ3v) is 5.93. The van der Waals surface area contributed by atoms with Crippen molar-refractivity contribution in [1.82, 2.24) is 24.6 Å². The van der Waals surface area contributed by atoms with Gasteiger partial charge in [-0.25, -0.2) is 4.98 Å². The van der Waals surface area contributed by atoms with E-state index in [2.05, 4.69) is 15.0 Å². The minimum absolute atomic E-state index is 0.0385. The Kier molecular flexibility index (Phi) is 5.40. The summed E-state index contributed by atoms with van der Waals surface area (Å²) in [5.41, 5.74) is 6.25. The second kappa shape index (κ2) is 8.29. The van der Waals surface area contributed by atoms with Crippen molar-refractivity contribution in [1.29, 1.82) is 0 Å². The molecule has 3 aromatic rings. The molecule has 2 aliphatic heterocycles. The van der Waals surface area contributed by atoms with Crippen LogP contribution in [0.2, 0.25) is 0 Å². The maximum absolute atomic E-state index is 13.2. The highest BCUT2D eigenvalue weighted by molar-refractivity contribution is 6.21.